The van der Waals surface area contributed by atoms with Crippen molar-refractivity contribution in [1.29, 1.82) is 0 Å². The second-order valence-corrected chi connectivity index (χ2v) is 6.72. The maximum Gasteiger partial charge on any atom is 0.322 e. The Hall–Kier alpha value is -3.34. The molecule has 136 valence electrons. The number of rotatable bonds is 4. The number of hydrogen-bond acceptors (Lipinski definition) is 4. The van der Waals surface area contributed by atoms with Crippen LogP contribution >= 0.6 is 0 Å². The van der Waals surface area contributed by atoms with Gasteiger partial charge in [-0.05, 0) is 54.7 Å². The fraction of sp³-hybridized carbons (Fsp3) is 0.182. The molecule has 0 aliphatic heterocycles. The third kappa shape index (κ3) is 3.24. The largest absolute Gasteiger partial charge is 0.480 e. The van der Waals surface area contributed by atoms with Crippen molar-refractivity contribution < 1.29 is 14.3 Å². The highest BCUT2D eigenvalue weighted by atomic mass is 16.4. The Balaban J connectivity index is 1.80. The van der Waals surface area contributed by atoms with E-state index in [1.165, 1.54) is 5.56 Å². The molecule has 5 heteroatoms. The number of hydrogen-bond donors (Lipinski definition) is 2. The van der Waals surface area contributed by atoms with Crippen molar-refractivity contribution >= 4 is 34.3 Å². The summed E-state index contributed by atoms with van der Waals surface area (Å²) in [6.45, 7) is 1.86. The first-order valence-corrected chi connectivity index (χ1v) is 8.85. The molecule has 0 radical (unpaired) electrons. The number of nitrogens with one attached hydrogen (secondary N) is 1. The second-order valence-electron chi connectivity index (χ2n) is 6.72. The van der Waals surface area contributed by atoms with E-state index in [1.54, 1.807) is 18.2 Å². The van der Waals surface area contributed by atoms with Gasteiger partial charge >= 0.3 is 5.97 Å². The first-order chi connectivity index (χ1) is 13.0. The molecule has 0 saturated carbocycles. The highest BCUT2D eigenvalue weighted by Crippen LogP contribution is 2.35. The number of allylic oxidation sites excluding steroid dienone is 1. The van der Waals surface area contributed by atoms with Gasteiger partial charge in [0.25, 0.3) is 0 Å². The average Bonchev–Trinajstić information content (AvgIpc) is 3.05. The summed E-state index contributed by atoms with van der Waals surface area (Å²) in [6, 6.07) is 13.2. The van der Waals surface area contributed by atoms with Crippen LogP contribution in [0.5, 0.6) is 0 Å². The predicted octanol–water partition coefficient (Wildman–Crippen LogP) is 4.08. The summed E-state index contributed by atoms with van der Waals surface area (Å²) in [5.74, 6) is -0.305. The third-order valence-corrected chi connectivity index (χ3v) is 4.88. The van der Waals surface area contributed by atoms with E-state index in [1.807, 2.05) is 18.2 Å². The summed E-state index contributed by atoms with van der Waals surface area (Å²) in [6.07, 6.45) is 3.52. The molecule has 0 atom stereocenters. The molecule has 27 heavy (non-hydrogen) atoms. The molecule has 0 fully saturated rings. The van der Waals surface area contributed by atoms with Crippen molar-refractivity contribution in [3.63, 3.8) is 0 Å². The highest BCUT2D eigenvalue weighted by molar-refractivity contribution is 5.88. The van der Waals surface area contributed by atoms with Gasteiger partial charge in [-0.1, -0.05) is 24.3 Å². The van der Waals surface area contributed by atoms with Crippen LogP contribution < -0.4 is 10.7 Å². The Morgan fingerprint density at radius 3 is 2.81 bits per heavy atom. The van der Waals surface area contributed by atoms with Crippen molar-refractivity contribution in [2.24, 2.45) is 0 Å². The van der Waals surface area contributed by atoms with Gasteiger partial charge in [0, 0.05) is 17.3 Å². The molecule has 1 aliphatic carbocycles. The summed E-state index contributed by atoms with van der Waals surface area (Å²) in [7, 11) is 0. The number of carbonyl (C=O) groups is 1. The van der Waals surface area contributed by atoms with E-state index in [0.717, 1.165) is 17.6 Å². The first-order valence-electron chi connectivity index (χ1n) is 8.85. The smallest absolute Gasteiger partial charge is 0.322 e. The van der Waals surface area contributed by atoms with Crippen LogP contribution in [0.4, 0.5) is 5.69 Å². The summed E-state index contributed by atoms with van der Waals surface area (Å²) in [5, 5.41) is 12.1. The van der Waals surface area contributed by atoms with Crippen LogP contribution in [0.15, 0.2) is 51.7 Å². The zero-order chi connectivity index (χ0) is 19.0. The third-order valence-electron chi connectivity index (χ3n) is 4.88. The molecule has 4 rings (SSSR count). The fourth-order valence-corrected chi connectivity index (χ4v) is 3.45. The van der Waals surface area contributed by atoms with Crippen LogP contribution in [-0.4, -0.2) is 17.6 Å². The minimum Gasteiger partial charge on any atom is -0.480 e. The summed E-state index contributed by atoms with van der Waals surface area (Å²) in [5.41, 5.74) is 5.07. The van der Waals surface area contributed by atoms with Gasteiger partial charge < -0.3 is 14.8 Å². The van der Waals surface area contributed by atoms with Crippen molar-refractivity contribution in [3.05, 3.63) is 75.1 Å². The second kappa shape index (κ2) is 6.76. The zero-order valence-corrected chi connectivity index (χ0v) is 14.9. The predicted molar refractivity (Wildman–Crippen MR) is 106 cm³/mol. The molecule has 1 aromatic heterocycles. The molecule has 2 N–H and O–H groups in total. The minimum atomic E-state index is -0.950. The lowest BCUT2D eigenvalue weighted by Crippen LogP contribution is -2.13. The van der Waals surface area contributed by atoms with E-state index >= 15 is 0 Å². The Kier molecular flexibility index (Phi) is 4.28. The number of aryl methyl sites for hydroxylation is 1. The van der Waals surface area contributed by atoms with Crippen molar-refractivity contribution in [2.45, 2.75) is 19.8 Å². The molecule has 3 aromatic rings. The van der Waals surface area contributed by atoms with Gasteiger partial charge in [0.05, 0.1) is 5.39 Å². The maximum atomic E-state index is 12.9. The van der Waals surface area contributed by atoms with E-state index in [0.29, 0.717) is 34.4 Å². The van der Waals surface area contributed by atoms with E-state index in [4.69, 9.17) is 9.52 Å². The van der Waals surface area contributed by atoms with Gasteiger partial charge in [-0.3, -0.25) is 9.59 Å². The van der Waals surface area contributed by atoms with Crippen molar-refractivity contribution in [3.8, 4) is 0 Å². The zero-order valence-electron chi connectivity index (χ0n) is 14.9. The Morgan fingerprint density at radius 1 is 1.22 bits per heavy atom. The molecular weight excluding hydrogens is 342 g/mol. The summed E-state index contributed by atoms with van der Waals surface area (Å²) in [4.78, 5) is 23.6. The molecule has 0 spiro atoms. The highest BCUT2D eigenvalue weighted by Gasteiger charge is 2.24. The van der Waals surface area contributed by atoms with Gasteiger partial charge in [0.2, 0.25) is 0 Å². The molecule has 0 amide bonds. The topological polar surface area (TPSA) is 79.5 Å². The van der Waals surface area contributed by atoms with E-state index < -0.39 is 5.97 Å². The van der Waals surface area contributed by atoms with Crippen LogP contribution in [-0.2, 0) is 11.2 Å². The van der Waals surface area contributed by atoms with E-state index in [9.17, 15) is 9.59 Å². The molecule has 5 nitrogen and oxygen atoms in total. The molecule has 2 aromatic carbocycles. The molecule has 0 bridgehead atoms. The van der Waals surface area contributed by atoms with Gasteiger partial charge in [-0.15, -0.1) is 0 Å². The number of carboxylic acids is 1. The Bertz CT molecular complexity index is 1140. The summed E-state index contributed by atoms with van der Waals surface area (Å²) < 4.78 is 6.10. The lowest BCUT2D eigenvalue weighted by atomic mass is 10.0. The van der Waals surface area contributed by atoms with Crippen LogP contribution in [0.3, 0.4) is 0 Å². The SMILES string of the molecule is Cc1ccccc1C=C1CCc2c1oc1cc(NCC(=O)O)ccc1c2=O. The Labute approximate surface area is 156 Å². The number of carboxylic acid groups (broad SMARTS) is 1. The Morgan fingerprint density at radius 2 is 2.04 bits per heavy atom. The van der Waals surface area contributed by atoms with Gasteiger partial charge in [0.1, 0.15) is 17.9 Å². The standard InChI is InChI=1S/C22H19NO4/c1-13-4-2-3-5-14(13)10-15-6-8-18-21(26)17-9-7-16(23-12-20(24)25)11-19(17)27-22(15)18/h2-5,7,9-11,23H,6,8,12H2,1H3,(H,24,25). The monoisotopic (exact) mass is 361 g/mol. The molecular formula is C22H19NO4. The average molecular weight is 361 g/mol. The fourth-order valence-electron chi connectivity index (χ4n) is 3.45. The number of anilines is 1. The lowest BCUT2D eigenvalue weighted by Gasteiger charge is -2.07. The van der Waals surface area contributed by atoms with E-state index in [2.05, 4.69) is 24.4 Å². The maximum absolute atomic E-state index is 12.9. The molecule has 1 heterocycles. The number of fused-ring (bicyclic) bond motifs is 2. The number of benzene rings is 2. The van der Waals surface area contributed by atoms with Gasteiger partial charge in [0.15, 0.2) is 5.43 Å². The molecule has 0 saturated heterocycles. The van der Waals surface area contributed by atoms with Crippen LogP contribution in [0.25, 0.3) is 22.6 Å². The quantitative estimate of drug-likeness (QED) is 0.732. The minimum absolute atomic E-state index is 0.00998. The molecule has 0 unspecified atom stereocenters. The van der Waals surface area contributed by atoms with Gasteiger partial charge in [-0.2, -0.15) is 0 Å². The summed E-state index contributed by atoms with van der Waals surface area (Å²) >= 11 is 0. The van der Waals surface area contributed by atoms with Crippen LogP contribution in [0, 0.1) is 6.92 Å². The first kappa shape index (κ1) is 17.1. The van der Waals surface area contributed by atoms with Crippen molar-refractivity contribution in [2.75, 3.05) is 11.9 Å². The van der Waals surface area contributed by atoms with Crippen molar-refractivity contribution in [1.82, 2.24) is 0 Å². The van der Waals surface area contributed by atoms with Crippen LogP contribution in [0.2, 0.25) is 0 Å². The van der Waals surface area contributed by atoms with Crippen LogP contribution in [0.1, 0.15) is 28.9 Å². The van der Waals surface area contributed by atoms with Gasteiger partial charge in [-0.25, -0.2) is 0 Å². The normalized spacial score (nSPS) is 14.5. The van der Waals surface area contributed by atoms with E-state index in [-0.39, 0.29) is 12.0 Å². The lowest BCUT2D eigenvalue weighted by molar-refractivity contribution is -0.134. The number of aliphatic carboxylic acids is 1. The molecule has 1 aliphatic rings.